The van der Waals surface area contributed by atoms with Crippen molar-refractivity contribution >= 4 is 5.91 Å². The maximum Gasteiger partial charge on any atom is 0.236 e. The third-order valence-electron chi connectivity index (χ3n) is 2.57. The van der Waals surface area contributed by atoms with Crippen molar-refractivity contribution in [3.05, 3.63) is 0 Å². The SMILES string of the molecule is CCC(C)N(CCC(C)C)C(=O)CN. The predicted molar refractivity (Wildman–Crippen MR) is 60.0 cm³/mol. The van der Waals surface area contributed by atoms with Crippen molar-refractivity contribution in [1.29, 1.82) is 0 Å². The van der Waals surface area contributed by atoms with E-state index in [9.17, 15) is 4.79 Å². The molecule has 84 valence electrons. The summed E-state index contributed by atoms with van der Waals surface area (Å²) < 4.78 is 0. The normalized spacial score (nSPS) is 13.0. The highest BCUT2D eigenvalue weighted by Crippen LogP contribution is 2.08. The first-order valence-electron chi connectivity index (χ1n) is 5.52. The number of carbonyl (C=O) groups excluding carboxylic acids is 1. The van der Waals surface area contributed by atoms with Gasteiger partial charge in [-0.15, -0.1) is 0 Å². The van der Waals surface area contributed by atoms with E-state index in [0.717, 1.165) is 19.4 Å². The van der Waals surface area contributed by atoms with Crippen LogP contribution in [0, 0.1) is 5.92 Å². The first-order chi connectivity index (χ1) is 6.52. The fourth-order valence-electron chi connectivity index (χ4n) is 1.33. The lowest BCUT2D eigenvalue weighted by Crippen LogP contribution is -2.42. The summed E-state index contributed by atoms with van der Waals surface area (Å²) in [5.41, 5.74) is 5.38. The van der Waals surface area contributed by atoms with Gasteiger partial charge >= 0.3 is 0 Å². The molecule has 1 amide bonds. The van der Waals surface area contributed by atoms with Crippen LogP contribution >= 0.6 is 0 Å². The Labute approximate surface area is 87.6 Å². The van der Waals surface area contributed by atoms with Gasteiger partial charge in [0.1, 0.15) is 0 Å². The number of hydrogen-bond acceptors (Lipinski definition) is 2. The monoisotopic (exact) mass is 200 g/mol. The Kier molecular flexibility index (Phi) is 6.54. The predicted octanol–water partition coefficient (Wildman–Crippen LogP) is 1.62. The summed E-state index contributed by atoms with van der Waals surface area (Å²) in [6.45, 7) is 9.47. The molecule has 14 heavy (non-hydrogen) atoms. The molecule has 1 unspecified atom stereocenters. The summed E-state index contributed by atoms with van der Waals surface area (Å²) in [6, 6.07) is 0.310. The molecule has 2 N–H and O–H groups in total. The standard InChI is InChI=1S/C11H24N2O/c1-5-10(4)13(11(14)8-12)7-6-9(2)3/h9-10H,5-8,12H2,1-4H3. The van der Waals surface area contributed by atoms with Crippen LogP contribution in [-0.2, 0) is 4.79 Å². The zero-order valence-electron chi connectivity index (χ0n) is 9.92. The number of nitrogens with two attached hydrogens (primary N) is 1. The van der Waals surface area contributed by atoms with Gasteiger partial charge in [0.05, 0.1) is 6.54 Å². The molecule has 0 bridgehead atoms. The molecule has 3 nitrogen and oxygen atoms in total. The van der Waals surface area contributed by atoms with Crippen molar-refractivity contribution in [3.8, 4) is 0 Å². The molecule has 1 atom stereocenters. The molecule has 0 spiro atoms. The van der Waals surface area contributed by atoms with E-state index < -0.39 is 0 Å². The molecule has 0 aromatic rings. The Balaban J connectivity index is 4.17. The summed E-state index contributed by atoms with van der Waals surface area (Å²) >= 11 is 0. The van der Waals surface area contributed by atoms with E-state index in [1.165, 1.54) is 0 Å². The second-order valence-electron chi connectivity index (χ2n) is 4.23. The van der Waals surface area contributed by atoms with Crippen LogP contribution in [0.4, 0.5) is 0 Å². The lowest BCUT2D eigenvalue weighted by Gasteiger charge is -2.28. The molecule has 0 aliphatic carbocycles. The molecule has 0 aromatic carbocycles. The van der Waals surface area contributed by atoms with Gasteiger partial charge in [-0.1, -0.05) is 20.8 Å². The van der Waals surface area contributed by atoms with Crippen molar-refractivity contribution in [2.24, 2.45) is 11.7 Å². The van der Waals surface area contributed by atoms with Crippen LogP contribution in [0.3, 0.4) is 0 Å². The van der Waals surface area contributed by atoms with E-state index in [2.05, 4.69) is 27.7 Å². The largest absolute Gasteiger partial charge is 0.339 e. The fraction of sp³-hybridized carbons (Fsp3) is 0.909. The van der Waals surface area contributed by atoms with Crippen LogP contribution in [-0.4, -0.2) is 29.9 Å². The lowest BCUT2D eigenvalue weighted by atomic mass is 10.1. The first kappa shape index (κ1) is 13.4. The fourth-order valence-corrected chi connectivity index (χ4v) is 1.33. The zero-order chi connectivity index (χ0) is 11.1. The molecule has 0 saturated carbocycles. The Bertz CT molecular complexity index is 169. The molecule has 0 aliphatic heterocycles. The van der Waals surface area contributed by atoms with Crippen LogP contribution in [0.1, 0.15) is 40.5 Å². The van der Waals surface area contributed by atoms with Gasteiger partial charge in [0.2, 0.25) is 5.91 Å². The highest BCUT2D eigenvalue weighted by Gasteiger charge is 2.17. The maximum atomic E-state index is 11.5. The molecule has 0 aromatic heterocycles. The van der Waals surface area contributed by atoms with E-state index in [0.29, 0.717) is 12.0 Å². The second kappa shape index (κ2) is 6.82. The first-order valence-corrected chi connectivity index (χ1v) is 5.52. The number of amides is 1. The van der Waals surface area contributed by atoms with Gasteiger partial charge in [-0.3, -0.25) is 4.79 Å². The summed E-state index contributed by atoms with van der Waals surface area (Å²) in [5, 5.41) is 0. The van der Waals surface area contributed by atoms with Crippen LogP contribution in [0.25, 0.3) is 0 Å². The number of carbonyl (C=O) groups is 1. The Morgan fingerprint density at radius 1 is 1.36 bits per heavy atom. The number of nitrogens with zero attached hydrogens (tertiary/aromatic N) is 1. The molecule has 0 aliphatic rings. The average Bonchev–Trinajstić information content (AvgIpc) is 2.16. The van der Waals surface area contributed by atoms with E-state index in [1.807, 2.05) is 4.90 Å². The third kappa shape index (κ3) is 4.61. The summed E-state index contributed by atoms with van der Waals surface area (Å²) in [5.74, 6) is 0.701. The molecule has 0 rings (SSSR count). The summed E-state index contributed by atoms with van der Waals surface area (Å²) in [6.07, 6.45) is 2.04. The molecule has 0 saturated heterocycles. The molecule has 0 fully saturated rings. The Morgan fingerprint density at radius 3 is 2.29 bits per heavy atom. The van der Waals surface area contributed by atoms with Crippen LogP contribution in [0.2, 0.25) is 0 Å². The molecule has 0 heterocycles. The van der Waals surface area contributed by atoms with E-state index >= 15 is 0 Å². The Hall–Kier alpha value is -0.570. The van der Waals surface area contributed by atoms with Gasteiger partial charge in [0.25, 0.3) is 0 Å². The van der Waals surface area contributed by atoms with E-state index in [1.54, 1.807) is 0 Å². The van der Waals surface area contributed by atoms with Crippen LogP contribution in [0.15, 0.2) is 0 Å². The van der Waals surface area contributed by atoms with Gasteiger partial charge in [0.15, 0.2) is 0 Å². The highest BCUT2D eigenvalue weighted by atomic mass is 16.2. The molecule has 0 radical (unpaired) electrons. The molecular weight excluding hydrogens is 176 g/mol. The minimum absolute atomic E-state index is 0.0694. The van der Waals surface area contributed by atoms with Gasteiger partial charge in [-0.25, -0.2) is 0 Å². The van der Waals surface area contributed by atoms with Gasteiger partial charge in [-0.05, 0) is 25.7 Å². The minimum Gasteiger partial charge on any atom is -0.339 e. The van der Waals surface area contributed by atoms with Gasteiger partial charge in [0, 0.05) is 12.6 Å². The van der Waals surface area contributed by atoms with Gasteiger partial charge in [-0.2, -0.15) is 0 Å². The van der Waals surface area contributed by atoms with Crippen LogP contribution in [0.5, 0.6) is 0 Å². The number of hydrogen-bond donors (Lipinski definition) is 1. The van der Waals surface area contributed by atoms with Gasteiger partial charge < -0.3 is 10.6 Å². The second-order valence-corrected chi connectivity index (χ2v) is 4.23. The van der Waals surface area contributed by atoms with Crippen molar-refractivity contribution in [1.82, 2.24) is 4.90 Å². The van der Waals surface area contributed by atoms with Crippen molar-refractivity contribution in [3.63, 3.8) is 0 Å². The molecule has 3 heteroatoms. The van der Waals surface area contributed by atoms with E-state index in [4.69, 9.17) is 5.73 Å². The summed E-state index contributed by atoms with van der Waals surface area (Å²) in [7, 11) is 0. The quantitative estimate of drug-likeness (QED) is 0.708. The maximum absolute atomic E-state index is 11.5. The van der Waals surface area contributed by atoms with E-state index in [-0.39, 0.29) is 12.5 Å². The number of rotatable bonds is 6. The topological polar surface area (TPSA) is 46.3 Å². The lowest BCUT2D eigenvalue weighted by molar-refractivity contribution is -0.131. The molecular formula is C11H24N2O. The average molecular weight is 200 g/mol. The zero-order valence-corrected chi connectivity index (χ0v) is 9.92. The highest BCUT2D eigenvalue weighted by molar-refractivity contribution is 5.78. The van der Waals surface area contributed by atoms with Crippen molar-refractivity contribution in [2.45, 2.75) is 46.6 Å². The van der Waals surface area contributed by atoms with Crippen molar-refractivity contribution in [2.75, 3.05) is 13.1 Å². The minimum atomic E-state index is 0.0694. The summed E-state index contributed by atoms with van der Waals surface area (Å²) in [4.78, 5) is 13.4. The van der Waals surface area contributed by atoms with Crippen molar-refractivity contribution < 1.29 is 4.79 Å². The smallest absolute Gasteiger partial charge is 0.236 e. The van der Waals surface area contributed by atoms with Crippen LogP contribution < -0.4 is 5.73 Å². The Morgan fingerprint density at radius 2 is 1.93 bits per heavy atom. The third-order valence-corrected chi connectivity index (χ3v) is 2.57.